The minimum absolute atomic E-state index is 0.0848. The Labute approximate surface area is 161 Å². The molecule has 6 heteroatoms. The average molecular weight is 371 g/mol. The highest BCUT2D eigenvalue weighted by Gasteiger charge is 2.35. The van der Waals surface area contributed by atoms with Gasteiger partial charge in [-0.05, 0) is 52.0 Å². The van der Waals surface area contributed by atoms with Gasteiger partial charge in [0.1, 0.15) is 12.1 Å². The Morgan fingerprint density at radius 2 is 1.85 bits per heavy atom. The van der Waals surface area contributed by atoms with Gasteiger partial charge in [0.2, 0.25) is 5.91 Å². The summed E-state index contributed by atoms with van der Waals surface area (Å²) < 4.78 is 5.14. The molecule has 0 bridgehead atoms. The molecular weight excluding hydrogens is 342 g/mol. The van der Waals surface area contributed by atoms with E-state index in [0.29, 0.717) is 25.9 Å². The molecule has 0 radical (unpaired) electrons. The summed E-state index contributed by atoms with van der Waals surface area (Å²) in [5.74, 6) is -0.143. The summed E-state index contributed by atoms with van der Waals surface area (Å²) in [6.45, 7) is 6.31. The predicted octanol–water partition coefficient (Wildman–Crippen LogP) is 3.28. The molecule has 1 aromatic rings. The van der Waals surface area contributed by atoms with Crippen molar-refractivity contribution in [2.24, 2.45) is 5.41 Å². The molecule has 1 saturated heterocycles. The fraction of sp³-hybridized carbons (Fsp3) is 0.571. The third kappa shape index (κ3) is 6.59. The number of alkyl carbamates (subject to hydrolysis) is 1. The topological polar surface area (TPSA) is 82.4 Å². The summed E-state index contributed by atoms with van der Waals surface area (Å²) in [5, 5.41) is 12.2. The lowest BCUT2D eigenvalue weighted by Crippen LogP contribution is -2.47. The molecule has 0 aromatic heterocycles. The van der Waals surface area contributed by atoms with Crippen LogP contribution < -0.4 is 5.32 Å². The number of nitrogens with one attached hydrogen (secondary N) is 1. The van der Waals surface area contributed by atoms with E-state index in [2.05, 4.69) is 23.5 Å². The van der Waals surface area contributed by atoms with Crippen LogP contribution >= 0.6 is 0 Å². The summed E-state index contributed by atoms with van der Waals surface area (Å²) >= 11 is 0. The third-order valence-corrected chi connectivity index (χ3v) is 4.83. The van der Waals surface area contributed by atoms with E-state index in [1.54, 1.807) is 25.7 Å². The van der Waals surface area contributed by atoms with Crippen LogP contribution in [-0.2, 0) is 16.0 Å². The number of likely N-dealkylation sites (tertiary alicyclic amines) is 1. The van der Waals surface area contributed by atoms with Gasteiger partial charge < -0.3 is 15.0 Å². The molecule has 0 saturated carbocycles. The van der Waals surface area contributed by atoms with Crippen molar-refractivity contribution in [2.45, 2.75) is 52.1 Å². The lowest BCUT2D eigenvalue weighted by atomic mass is 9.75. The van der Waals surface area contributed by atoms with Crippen molar-refractivity contribution < 1.29 is 14.3 Å². The van der Waals surface area contributed by atoms with Crippen molar-refractivity contribution in [2.75, 3.05) is 19.6 Å². The molecule has 1 aliphatic heterocycles. The smallest absolute Gasteiger partial charge is 0.408 e. The van der Waals surface area contributed by atoms with E-state index in [1.165, 1.54) is 5.56 Å². The molecule has 0 spiro atoms. The van der Waals surface area contributed by atoms with Crippen LogP contribution in [-0.4, -0.2) is 42.1 Å². The summed E-state index contributed by atoms with van der Waals surface area (Å²) in [6.07, 6.45) is 2.39. The van der Waals surface area contributed by atoms with E-state index in [0.717, 1.165) is 12.8 Å². The number of nitrogens with zero attached hydrogens (tertiary/aromatic N) is 2. The summed E-state index contributed by atoms with van der Waals surface area (Å²) in [7, 11) is 0. The second-order valence-electron chi connectivity index (χ2n) is 8.11. The molecular formula is C21H29N3O3. The molecule has 1 aromatic carbocycles. The molecule has 6 nitrogen and oxygen atoms in total. The van der Waals surface area contributed by atoms with Gasteiger partial charge in [-0.15, -0.1) is 0 Å². The van der Waals surface area contributed by atoms with Gasteiger partial charge in [-0.3, -0.25) is 4.79 Å². The molecule has 0 unspecified atom stereocenters. The highest BCUT2D eigenvalue weighted by molar-refractivity contribution is 5.82. The van der Waals surface area contributed by atoms with Crippen molar-refractivity contribution in [3.8, 4) is 6.07 Å². The molecule has 2 rings (SSSR count). The first kappa shape index (κ1) is 20.8. The molecule has 1 N–H and O–H groups in total. The minimum Gasteiger partial charge on any atom is -0.444 e. The first-order valence-electron chi connectivity index (χ1n) is 9.43. The Hall–Kier alpha value is -2.55. The second-order valence-corrected chi connectivity index (χ2v) is 8.11. The molecule has 27 heavy (non-hydrogen) atoms. The number of rotatable bonds is 5. The van der Waals surface area contributed by atoms with Crippen LogP contribution in [0.5, 0.6) is 0 Å². The number of benzene rings is 1. The van der Waals surface area contributed by atoms with Crippen LogP contribution in [0.4, 0.5) is 4.79 Å². The Kier molecular flexibility index (Phi) is 6.84. The number of carbonyl (C=O) groups is 2. The highest BCUT2D eigenvalue weighted by atomic mass is 16.6. The zero-order chi connectivity index (χ0) is 19.9. The zero-order valence-electron chi connectivity index (χ0n) is 16.5. The Balaban J connectivity index is 1.79. The SMILES string of the molecule is CC(C)(C)OC(=O)NCC(=O)N1CCC(C#N)(CCc2ccccc2)CC1. The van der Waals surface area contributed by atoms with Gasteiger partial charge in [0.15, 0.2) is 0 Å². The largest absolute Gasteiger partial charge is 0.444 e. The van der Waals surface area contributed by atoms with Crippen molar-refractivity contribution in [1.82, 2.24) is 10.2 Å². The van der Waals surface area contributed by atoms with Crippen molar-refractivity contribution in [3.05, 3.63) is 35.9 Å². The van der Waals surface area contributed by atoms with Crippen molar-refractivity contribution in [1.29, 1.82) is 5.26 Å². The number of piperidine rings is 1. The van der Waals surface area contributed by atoms with E-state index in [9.17, 15) is 14.9 Å². The molecule has 0 atom stereocenters. The number of carbonyl (C=O) groups excluding carboxylic acids is 2. The molecule has 146 valence electrons. The second kappa shape index (κ2) is 8.90. The molecule has 2 amide bonds. The fourth-order valence-corrected chi connectivity index (χ4v) is 3.20. The molecule has 1 fully saturated rings. The van der Waals surface area contributed by atoms with Crippen LogP contribution in [0.1, 0.15) is 45.6 Å². The standard InChI is InChI=1S/C21H29N3O3/c1-20(2,3)27-19(26)23-15-18(25)24-13-11-21(16-22,12-14-24)10-9-17-7-5-4-6-8-17/h4-8H,9-15H2,1-3H3,(H,23,26). The van der Waals surface area contributed by atoms with Crippen LogP contribution in [0, 0.1) is 16.7 Å². The van der Waals surface area contributed by atoms with E-state index in [-0.39, 0.29) is 17.9 Å². The first-order chi connectivity index (χ1) is 12.7. The summed E-state index contributed by atoms with van der Waals surface area (Å²) in [6, 6.07) is 12.6. The Bertz CT molecular complexity index is 681. The predicted molar refractivity (Wildman–Crippen MR) is 103 cm³/mol. The normalized spacial score (nSPS) is 16.3. The van der Waals surface area contributed by atoms with Crippen LogP contribution in [0.2, 0.25) is 0 Å². The third-order valence-electron chi connectivity index (χ3n) is 4.83. The average Bonchev–Trinajstić information content (AvgIpc) is 2.64. The van der Waals surface area contributed by atoms with Gasteiger partial charge in [-0.1, -0.05) is 30.3 Å². The highest BCUT2D eigenvalue weighted by Crippen LogP contribution is 2.35. The van der Waals surface area contributed by atoms with Gasteiger partial charge in [-0.25, -0.2) is 4.79 Å². The van der Waals surface area contributed by atoms with Gasteiger partial charge in [-0.2, -0.15) is 5.26 Å². The first-order valence-corrected chi connectivity index (χ1v) is 9.43. The van der Waals surface area contributed by atoms with E-state index in [4.69, 9.17) is 4.74 Å². The lowest BCUT2D eigenvalue weighted by molar-refractivity contribution is -0.132. The number of hydrogen-bond donors (Lipinski definition) is 1. The maximum Gasteiger partial charge on any atom is 0.408 e. The van der Waals surface area contributed by atoms with Gasteiger partial charge in [0.05, 0.1) is 11.5 Å². The van der Waals surface area contributed by atoms with E-state index < -0.39 is 11.7 Å². The van der Waals surface area contributed by atoms with Gasteiger partial charge >= 0.3 is 6.09 Å². The fourth-order valence-electron chi connectivity index (χ4n) is 3.20. The Morgan fingerprint density at radius 3 is 2.41 bits per heavy atom. The maximum absolute atomic E-state index is 12.3. The maximum atomic E-state index is 12.3. The Morgan fingerprint density at radius 1 is 1.22 bits per heavy atom. The van der Waals surface area contributed by atoms with Crippen LogP contribution in [0.3, 0.4) is 0 Å². The van der Waals surface area contributed by atoms with Crippen LogP contribution in [0.25, 0.3) is 0 Å². The molecule has 1 aliphatic rings. The van der Waals surface area contributed by atoms with Crippen molar-refractivity contribution in [3.63, 3.8) is 0 Å². The molecule has 0 aliphatic carbocycles. The monoisotopic (exact) mass is 371 g/mol. The minimum atomic E-state index is -0.595. The number of aryl methyl sites for hydroxylation is 1. The number of nitriles is 1. The van der Waals surface area contributed by atoms with Crippen LogP contribution in [0.15, 0.2) is 30.3 Å². The molecule has 1 heterocycles. The van der Waals surface area contributed by atoms with Crippen molar-refractivity contribution >= 4 is 12.0 Å². The summed E-state index contributed by atoms with van der Waals surface area (Å²) in [4.78, 5) is 25.7. The van der Waals surface area contributed by atoms with E-state index in [1.807, 2.05) is 18.2 Å². The quantitative estimate of drug-likeness (QED) is 0.861. The lowest BCUT2D eigenvalue weighted by Gasteiger charge is -2.37. The summed E-state index contributed by atoms with van der Waals surface area (Å²) in [5.41, 5.74) is 0.251. The number of ether oxygens (including phenoxy) is 1. The zero-order valence-corrected chi connectivity index (χ0v) is 16.5. The number of amides is 2. The van der Waals surface area contributed by atoms with Gasteiger partial charge in [0, 0.05) is 13.1 Å². The van der Waals surface area contributed by atoms with Gasteiger partial charge in [0.25, 0.3) is 0 Å². The van der Waals surface area contributed by atoms with E-state index >= 15 is 0 Å². The number of hydrogen-bond acceptors (Lipinski definition) is 4.